The van der Waals surface area contributed by atoms with Crippen molar-refractivity contribution in [1.82, 2.24) is 4.98 Å². The van der Waals surface area contributed by atoms with Gasteiger partial charge < -0.3 is 10.7 Å². The molecule has 0 saturated carbocycles. The number of carbonyl (C=O) groups excluding carboxylic acids is 1. The number of nitrogen functional groups attached to an aromatic ring is 1. The molecule has 3 N–H and O–H groups in total. The molecule has 0 aliphatic heterocycles. The minimum Gasteiger partial charge on any atom is -0.398 e. The van der Waals surface area contributed by atoms with Gasteiger partial charge in [-0.05, 0) is 50.1 Å². The minimum absolute atomic E-state index is 0.122. The van der Waals surface area contributed by atoms with Gasteiger partial charge in [-0.25, -0.2) is 0 Å². The lowest BCUT2D eigenvalue weighted by molar-refractivity contribution is 0.103. The maximum absolute atomic E-state index is 12.4. The third-order valence-corrected chi connectivity index (χ3v) is 3.53. The molecule has 4 heteroatoms. The molecule has 0 saturated heterocycles. The average Bonchev–Trinajstić information content (AvgIpc) is 2.59. The molecule has 0 aliphatic carbocycles. The number of aromatic amines is 1. The first-order valence-corrected chi connectivity index (χ1v) is 6.05. The standard InChI is InChI=1S/C14H15ClN2O/c1-7-8(2)13(17-9(7)3)14(18)11-6-10(15)4-5-12(11)16/h4-6,17H,16H2,1-3H3. The van der Waals surface area contributed by atoms with Crippen molar-refractivity contribution < 1.29 is 4.79 Å². The van der Waals surface area contributed by atoms with Crippen LogP contribution in [-0.4, -0.2) is 10.8 Å². The molecule has 0 amide bonds. The fourth-order valence-corrected chi connectivity index (χ4v) is 2.10. The monoisotopic (exact) mass is 262 g/mol. The molecule has 2 aromatic rings. The van der Waals surface area contributed by atoms with Gasteiger partial charge in [0.15, 0.2) is 0 Å². The van der Waals surface area contributed by atoms with Crippen molar-refractivity contribution in [3.05, 3.63) is 51.3 Å². The highest BCUT2D eigenvalue weighted by Crippen LogP contribution is 2.24. The molecule has 0 bridgehead atoms. The van der Waals surface area contributed by atoms with E-state index < -0.39 is 0 Å². The van der Waals surface area contributed by atoms with Gasteiger partial charge in [0.05, 0.1) is 5.69 Å². The number of halogens is 1. The van der Waals surface area contributed by atoms with Crippen LogP contribution in [0.3, 0.4) is 0 Å². The van der Waals surface area contributed by atoms with E-state index in [2.05, 4.69) is 4.98 Å². The topological polar surface area (TPSA) is 58.9 Å². The summed E-state index contributed by atoms with van der Waals surface area (Å²) < 4.78 is 0. The fourth-order valence-electron chi connectivity index (χ4n) is 1.93. The van der Waals surface area contributed by atoms with Gasteiger partial charge in [-0.3, -0.25) is 4.79 Å². The lowest BCUT2D eigenvalue weighted by Gasteiger charge is -2.05. The van der Waals surface area contributed by atoms with Gasteiger partial charge in [0.1, 0.15) is 0 Å². The molecule has 0 radical (unpaired) electrons. The quantitative estimate of drug-likeness (QED) is 0.644. The molecule has 0 aliphatic rings. The Morgan fingerprint density at radius 1 is 1.22 bits per heavy atom. The fraction of sp³-hybridized carbons (Fsp3) is 0.214. The number of anilines is 1. The van der Waals surface area contributed by atoms with Crippen LogP contribution < -0.4 is 5.73 Å². The molecule has 1 heterocycles. The smallest absolute Gasteiger partial charge is 0.211 e. The SMILES string of the molecule is Cc1[nH]c(C(=O)c2cc(Cl)ccc2N)c(C)c1C. The van der Waals surface area contributed by atoms with Gasteiger partial charge in [-0.2, -0.15) is 0 Å². The van der Waals surface area contributed by atoms with Gasteiger partial charge in [0.2, 0.25) is 5.78 Å². The Morgan fingerprint density at radius 2 is 1.89 bits per heavy atom. The predicted molar refractivity (Wildman–Crippen MR) is 74.3 cm³/mol. The number of ketones is 1. The van der Waals surface area contributed by atoms with Crippen molar-refractivity contribution in [3.63, 3.8) is 0 Å². The molecule has 18 heavy (non-hydrogen) atoms. The van der Waals surface area contributed by atoms with Gasteiger partial charge in [-0.1, -0.05) is 11.6 Å². The largest absolute Gasteiger partial charge is 0.398 e. The van der Waals surface area contributed by atoms with Crippen LogP contribution in [0.15, 0.2) is 18.2 Å². The summed E-state index contributed by atoms with van der Waals surface area (Å²) >= 11 is 5.91. The van der Waals surface area contributed by atoms with Gasteiger partial charge >= 0.3 is 0 Å². The second-order valence-electron chi connectivity index (χ2n) is 4.44. The van der Waals surface area contributed by atoms with Crippen LogP contribution in [-0.2, 0) is 0 Å². The van der Waals surface area contributed by atoms with E-state index >= 15 is 0 Å². The van der Waals surface area contributed by atoms with Crippen LogP contribution in [0.1, 0.15) is 32.9 Å². The van der Waals surface area contributed by atoms with E-state index in [1.54, 1.807) is 18.2 Å². The van der Waals surface area contributed by atoms with E-state index in [1.165, 1.54) is 0 Å². The number of nitrogens with one attached hydrogen (secondary N) is 1. The Kier molecular flexibility index (Phi) is 3.18. The summed E-state index contributed by atoms with van der Waals surface area (Å²) in [6.07, 6.45) is 0. The first-order chi connectivity index (χ1) is 8.41. The maximum atomic E-state index is 12.4. The molecule has 0 spiro atoms. The number of aromatic nitrogens is 1. The molecule has 3 nitrogen and oxygen atoms in total. The third kappa shape index (κ3) is 2.02. The van der Waals surface area contributed by atoms with Crippen molar-refractivity contribution in [1.29, 1.82) is 0 Å². The summed E-state index contributed by atoms with van der Waals surface area (Å²) in [6, 6.07) is 4.92. The van der Waals surface area contributed by atoms with E-state index in [1.807, 2.05) is 20.8 Å². The molecule has 1 aromatic heterocycles. The average molecular weight is 263 g/mol. The van der Waals surface area contributed by atoms with E-state index in [-0.39, 0.29) is 5.78 Å². The normalized spacial score (nSPS) is 10.7. The highest BCUT2D eigenvalue weighted by Gasteiger charge is 2.18. The number of hydrogen-bond donors (Lipinski definition) is 2. The molecular weight excluding hydrogens is 248 g/mol. The number of hydrogen-bond acceptors (Lipinski definition) is 2. The van der Waals surface area contributed by atoms with E-state index in [4.69, 9.17) is 17.3 Å². The first kappa shape index (κ1) is 12.7. The summed E-state index contributed by atoms with van der Waals surface area (Å²) in [6.45, 7) is 5.85. The van der Waals surface area contributed by atoms with Gasteiger partial charge in [0, 0.05) is 22.0 Å². The Labute approximate surface area is 111 Å². The highest BCUT2D eigenvalue weighted by atomic mass is 35.5. The number of carbonyl (C=O) groups is 1. The number of benzene rings is 1. The molecule has 1 aromatic carbocycles. The van der Waals surface area contributed by atoms with Crippen LogP contribution in [0.4, 0.5) is 5.69 Å². The third-order valence-electron chi connectivity index (χ3n) is 3.30. The zero-order valence-corrected chi connectivity index (χ0v) is 11.4. The van der Waals surface area contributed by atoms with Crippen molar-refractivity contribution in [2.75, 3.05) is 5.73 Å². The zero-order valence-electron chi connectivity index (χ0n) is 10.6. The van der Waals surface area contributed by atoms with Gasteiger partial charge in [-0.15, -0.1) is 0 Å². The summed E-state index contributed by atoms with van der Waals surface area (Å²) in [4.78, 5) is 15.5. The Morgan fingerprint density at radius 3 is 2.44 bits per heavy atom. The van der Waals surface area contributed by atoms with E-state index in [9.17, 15) is 4.79 Å². The van der Waals surface area contributed by atoms with Crippen molar-refractivity contribution >= 4 is 23.1 Å². The molecule has 0 unspecified atom stereocenters. The van der Waals surface area contributed by atoms with Crippen molar-refractivity contribution in [3.8, 4) is 0 Å². The molecule has 94 valence electrons. The second-order valence-corrected chi connectivity index (χ2v) is 4.87. The molecule has 0 fully saturated rings. The molecule has 2 rings (SSSR count). The summed E-state index contributed by atoms with van der Waals surface area (Å²) in [5.74, 6) is -0.122. The number of nitrogens with two attached hydrogens (primary N) is 1. The van der Waals surface area contributed by atoms with Crippen LogP contribution in [0.25, 0.3) is 0 Å². The predicted octanol–water partition coefficient (Wildman–Crippen LogP) is 3.41. The van der Waals surface area contributed by atoms with Crippen LogP contribution in [0.5, 0.6) is 0 Å². The van der Waals surface area contributed by atoms with Crippen LogP contribution >= 0.6 is 11.6 Å². The lowest BCUT2D eigenvalue weighted by Crippen LogP contribution is -2.07. The molecular formula is C14H15ClN2O. The zero-order chi connectivity index (χ0) is 13.4. The van der Waals surface area contributed by atoms with Crippen LogP contribution in [0, 0.1) is 20.8 Å². The van der Waals surface area contributed by atoms with Crippen molar-refractivity contribution in [2.45, 2.75) is 20.8 Å². The number of H-pyrrole nitrogens is 1. The minimum atomic E-state index is -0.122. The van der Waals surface area contributed by atoms with E-state index in [0.29, 0.717) is 22.0 Å². The Hall–Kier alpha value is -1.74. The summed E-state index contributed by atoms with van der Waals surface area (Å²) in [7, 11) is 0. The maximum Gasteiger partial charge on any atom is 0.211 e. The first-order valence-electron chi connectivity index (χ1n) is 5.67. The van der Waals surface area contributed by atoms with Crippen molar-refractivity contribution in [2.24, 2.45) is 0 Å². The molecule has 0 atom stereocenters. The van der Waals surface area contributed by atoms with Gasteiger partial charge in [0.25, 0.3) is 0 Å². The summed E-state index contributed by atoms with van der Waals surface area (Å²) in [5.41, 5.74) is 10.3. The van der Waals surface area contributed by atoms with E-state index in [0.717, 1.165) is 16.8 Å². The van der Waals surface area contributed by atoms with Crippen LogP contribution in [0.2, 0.25) is 5.02 Å². The number of aryl methyl sites for hydroxylation is 1. The Bertz CT molecular complexity index is 629. The second kappa shape index (κ2) is 4.50. The lowest BCUT2D eigenvalue weighted by atomic mass is 10.0. The highest BCUT2D eigenvalue weighted by molar-refractivity contribution is 6.31. The summed E-state index contributed by atoms with van der Waals surface area (Å²) in [5, 5.41) is 0.505. The number of rotatable bonds is 2. The Balaban J connectivity index is 2.54.